The van der Waals surface area contributed by atoms with Crippen molar-refractivity contribution in [2.75, 3.05) is 24.3 Å². The van der Waals surface area contributed by atoms with Gasteiger partial charge in [-0.15, -0.1) is 11.6 Å². The Morgan fingerprint density at radius 2 is 2.19 bits per heavy atom. The lowest BCUT2D eigenvalue weighted by Crippen LogP contribution is -2.47. The van der Waals surface area contributed by atoms with Crippen LogP contribution < -0.4 is 5.32 Å². The van der Waals surface area contributed by atoms with Crippen molar-refractivity contribution in [2.24, 2.45) is 0 Å². The molecule has 1 atom stereocenters. The summed E-state index contributed by atoms with van der Waals surface area (Å²) in [4.78, 5) is 30.2. The molecule has 2 N–H and O–H groups in total. The number of carbonyl (C=O) groups excluding carboxylic acids is 1. The summed E-state index contributed by atoms with van der Waals surface area (Å²) in [7, 11) is 0. The first-order chi connectivity index (χ1) is 15.1. The van der Waals surface area contributed by atoms with Crippen LogP contribution in [0.25, 0.3) is 22.4 Å². The molecule has 3 aromatic heterocycles. The molecule has 3 aromatic rings. The van der Waals surface area contributed by atoms with Gasteiger partial charge in [0.25, 0.3) is 0 Å². The van der Waals surface area contributed by atoms with E-state index in [0.29, 0.717) is 53.9 Å². The zero-order chi connectivity index (χ0) is 21.8. The van der Waals surface area contributed by atoms with E-state index in [-0.39, 0.29) is 17.8 Å². The van der Waals surface area contributed by atoms with Crippen LogP contribution >= 0.6 is 23.2 Å². The topological polar surface area (TPSA) is 86.8 Å². The number of hydrogen-bond acceptors (Lipinski definition) is 5. The van der Waals surface area contributed by atoms with Gasteiger partial charge >= 0.3 is 0 Å². The van der Waals surface area contributed by atoms with Gasteiger partial charge < -0.3 is 15.2 Å². The maximum absolute atomic E-state index is 14.4. The Morgan fingerprint density at radius 1 is 1.32 bits per heavy atom. The second-order valence-electron chi connectivity index (χ2n) is 7.55. The van der Waals surface area contributed by atoms with Crippen LogP contribution in [0.3, 0.4) is 0 Å². The standard InChI is InChI=1S/C21H23Cl2FN6O/c22-6-3-5-18(31)30-7-2-1-4-14(30)10-26-21-17(24)12-28-20(29-21)16-11-27-19-15(16)8-13(23)9-25-19/h8-9,11-12,14H,1-7,10H2,(H,25,27)(H,26,28,29)/t14-/m1/s1. The average molecular weight is 465 g/mol. The maximum atomic E-state index is 14.4. The molecule has 164 valence electrons. The molecule has 10 heteroatoms. The van der Waals surface area contributed by atoms with Gasteiger partial charge in [0.15, 0.2) is 17.5 Å². The number of anilines is 1. The minimum absolute atomic E-state index is 0.00881. The van der Waals surface area contributed by atoms with E-state index in [0.717, 1.165) is 30.8 Å². The highest BCUT2D eigenvalue weighted by Gasteiger charge is 2.26. The number of H-pyrrole nitrogens is 1. The molecule has 0 aliphatic carbocycles. The van der Waals surface area contributed by atoms with Gasteiger partial charge in [-0.05, 0) is 31.7 Å². The van der Waals surface area contributed by atoms with Crippen molar-refractivity contribution in [3.63, 3.8) is 0 Å². The van der Waals surface area contributed by atoms with Crippen molar-refractivity contribution in [3.05, 3.63) is 35.5 Å². The minimum atomic E-state index is -0.546. The van der Waals surface area contributed by atoms with Gasteiger partial charge in [-0.3, -0.25) is 4.79 Å². The monoisotopic (exact) mass is 464 g/mol. The number of alkyl halides is 1. The fourth-order valence-corrected chi connectivity index (χ4v) is 4.19. The van der Waals surface area contributed by atoms with Crippen LogP contribution in [0.5, 0.6) is 0 Å². The summed E-state index contributed by atoms with van der Waals surface area (Å²) in [6.07, 6.45) is 8.39. The summed E-state index contributed by atoms with van der Waals surface area (Å²) in [6, 6.07) is 1.76. The van der Waals surface area contributed by atoms with Crippen LogP contribution in [0, 0.1) is 5.82 Å². The zero-order valence-electron chi connectivity index (χ0n) is 16.9. The van der Waals surface area contributed by atoms with Gasteiger partial charge in [0, 0.05) is 54.8 Å². The highest BCUT2D eigenvalue weighted by atomic mass is 35.5. The van der Waals surface area contributed by atoms with E-state index in [1.807, 2.05) is 4.90 Å². The highest BCUT2D eigenvalue weighted by molar-refractivity contribution is 6.31. The predicted octanol–water partition coefficient (Wildman–Crippen LogP) is 4.62. The number of pyridine rings is 1. The first-order valence-electron chi connectivity index (χ1n) is 10.3. The Kier molecular flexibility index (Phi) is 6.87. The molecular formula is C21H23Cl2FN6O. The third kappa shape index (κ3) is 4.91. The Balaban J connectivity index is 1.52. The summed E-state index contributed by atoms with van der Waals surface area (Å²) in [5.41, 5.74) is 1.33. The van der Waals surface area contributed by atoms with Gasteiger partial charge in [0.05, 0.1) is 11.2 Å². The summed E-state index contributed by atoms with van der Waals surface area (Å²) in [5.74, 6) is 0.479. The molecule has 1 amide bonds. The molecule has 1 fully saturated rings. The smallest absolute Gasteiger partial charge is 0.222 e. The molecule has 7 nitrogen and oxygen atoms in total. The van der Waals surface area contributed by atoms with Crippen molar-refractivity contribution in [3.8, 4) is 11.4 Å². The van der Waals surface area contributed by atoms with Gasteiger partial charge in [-0.2, -0.15) is 0 Å². The molecule has 1 aliphatic heterocycles. The number of aromatic nitrogens is 4. The number of rotatable bonds is 7. The van der Waals surface area contributed by atoms with E-state index in [4.69, 9.17) is 23.2 Å². The third-order valence-electron chi connectivity index (χ3n) is 5.46. The molecule has 0 unspecified atom stereocenters. The fourth-order valence-electron chi connectivity index (χ4n) is 3.90. The largest absolute Gasteiger partial charge is 0.365 e. The quantitative estimate of drug-likeness (QED) is 0.497. The van der Waals surface area contributed by atoms with Gasteiger partial charge in [0.2, 0.25) is 5.91 Å². The Morgan fingerprint density at radius 3 is 3.03 bits per heavy atom. The molecule has 0 radical (unpaired) electrons. The number of likely N-dealkylation sites (tertiary alicyclic amines) is 1. The van der Waals surface area contributed by atoms with E-state index in [2.05, 4.69) is 25.3 Å². The SMILES string of the molecule is O=C(CCCCl)N1CCCC[C@@H]1CNc1nc(-c2c[nH]c3ncc(Cl)cc23)ncc1F. The van der Waals surface area contributed by atoms with Crippen LogP contribution in [0.4, 0.5) is 10.2 Å². The molecule has 0 bridgehead atoms. The number of piperidine rings is 1. The summed E-state index contributed by atoms with van der Waals surface area (Å²) < 4.78 is 14.4. The first kappa shape index (κ1) is 21.8. The van der Waals surface area contributed by atoms with Gasteiger partial charge in [-0.25, -0.2) is 19.3 Å². The number of halogens is 3. The van der Waals surface area contributed by atoms with Gasteiger partial charge in [-0.1, -0.05) is 11.6 Å². The number of amides is 1. The normalized spacial score (nSPS) is 16.6. The molecule has 0 spiro atoms. The Bertz CT molecular complexity index is 1080. The number of nitrogens with one attached hydrogen (secondary N) is 2. The van der Waals surface area contributed by atoms with Crippen LogP contribution in [0.2, 0.25) is 5.02 Å². The molecule has 0 saturated carbocycles. The molecular weight excluding hydrogens is 442 g/mol. The average Bonchev–Trinajstić information content (AvgIpc) is 3.20. The number of carbonyl (C=O) groups is 1. The summed E-state index contributed by atoms with van der Waals surface area (Å²) >= 11 is 11.8. The van der Waals surface area contributed by atoms with Crippen LogP contribution in [-0.4, -0.2) is 55.8 Å². The number of nitrogens with zero attached hydrogens (tertiary/aromatic N) is 4. The van der Waals surface area contributed by atoms with Gasteiger partial charge in [0.1, 0.15) is 5.65 Å². The van der Waals surface area contributed by atoms with Crippen LogP contribution in [0.15, 0.2) is 24.7 Å². The maximum Gasteiger partial charge on any atom is 0.222 e. The lowest BCUT2D eigenvalue weighted by atomic mass is 10.0. The van der Waals surface area contributed by atoms with Crippen LogP contribution in [0.1, 0.15) is 32.1 Å². The van der Waals surface area contributed by atoms with E-state index >= 15 is 0 Å². The second kappa shape index (κ2) is 9.78. The van der Waals surface area contributed by atoms with Crippen molar-refractivity contribution in [1.29, 1.82) is 0 Å². The van der Waals surface area contributed by atoms with Crippen molar-refractivity contribution >= 4 is 46.0 Å². The van der Waals surface area contributed by atoms with Crippen molar-refractivity contribution in [1.82, 2.24) is 24.8 Å². The molecule has 0 aromatic carbocycles. The van der Waals surface area contributed by atoms with E-state index in [9.17, 15) is 9.18 Å². The van der Waals surface area contributed by atoms with Crippen LogP contribution in [-0.2, 0) is 4.79 Å². The second-order valence-corrected chi connectivity index (χ2v) is 8.37. The number of hydrogen-bond donors (Lipinski definition) is 2. The van der Waals surface area contributed by atoms with Crippen molar-refractivity contribution in [2.45, 2.75) is 38.1 Å². The lowest BCUT2D eigenvalue weighted by Gasteiger charge is -2.36. The molecule has 4 heterocycles. The molecule has 31 heavy (non-hydrogen) atoms. The summed E-state index contributed by atoms with van der Waals surface area (Å²) in [6.45, 7) is 1.13. The molecule has 1 saturated heterocycles. The number of aromatic amines is 1. The fraction of sp³-hybridized carbons (Fsp3) is 0.429. The van der Waals surface area contributed by atoms with E-state index in [1.54, 1.807) is 18.5 Å². The minimum Gasteiger partial charge on any atom is -0.365 e. The van der Waals surface area contributed by atoms with Crippen molar-refractivity contribution < 1.29 is 9.18 Å². The van der Waals surface area contributed by atoms with E-state index < -0.39 is 5.82 Å². The first-order valence-corrected chi connectivity index (χ1v) is 11.2. The highest BCUT2D eigenvalue weighted by Crippen LogP contribution is 2.28. The summed E-state index contributed by atoms with van der Waals surface area (Å²) in [5, 5.41) is 4.34. The van der Waals surface area contributed by atoms with E-state index in [1.165, 1.54) is 0 Å². The predicted molar refractivity (Wildman–Crippen MR) is 120 cm³/mol. The number of fused-ring (bicyclic) bond motifs is 1. The Labute approximate surface area is 189 Å². The Hall–Kier alpha value is -2.45. The zero-order valence-corrected chi connectivity index (χ0v) is 18.4. The molecule has 1 aliphatic rings. The molecule has 4 rings (SSSR count). The third-order valence-corrected chi connectivity index (χ3v) is 5.93. The lowest BCUT2D eigenvalue weighted by molar-refractivity contribution is -0.134.